The number of nitrogens with two attached hydrogens (primary N) is 1. The molecule has 1 rings (SSSR count). The van der Waals surface area contributed by atoms with Gasteiger partial charge in [0.25, 0.3) is 5.91 Å². The highest BCUT2D eigenvalue weighted by Crippen LogP contribution is 2.12. The van der Waals surface area contributed by atoms with Gasteiger partial charge < -0.3 is 5.73 Å². The molecule has 1 atom stereocenters. The van der Waals surface area contributed by atoms with Gasteiger partial charge in [-0.15, -0.1) is 0 Å². The SMILES string of the molecule is CONC(=O)[C@@](C)(N)Cc1ccc(C)cc1. The van der Waals surface area contributed by atoms with Gasteiger partial charge in [0.1, 0.15) is 0 Å². The molecule has 1 amide bonds. The fraction of sp³-hybridized carbons (Fsp3) is 0.417. The molecule has 0 aromatic heterocycles. The lowest BCUT2D eigenvalue weighted by atomic mass is 9.93. The van der Waals surface area contributed by atoms with Gasteiger partial charge in [-0.3, -0.25) is 9.63 Å². The minimum absolute atomic E-state index is 0.324. The van der Waals surface area contributed by atoms with Crippen LogP contribution in [0.15, 0.2) is 24.3 Å². The summed E-state index contributed by atoms with van der Waals surface area (Å²) in [6.07, 6.45) is 0.475. The van der Waals surface area contributed by atoms with Crippen molar-refractivity contribution in [3.8, 4) is 0 Å². The van der Waals surface area contributed by atoms with E-state index in [9.17, 15) is 4.79 Å². The maximum absolute atomic E-state index is 11.6. The van der Waals surface area contributed by atoms with E-state index in [4.69, 9.17) is 5.73 Å². The second kappa shape index (κ2) is 5.09. The summed E-state index contributed by atoms with van der Waals surface area (Å²) in [7, 11) is 1.39. The normalized spacial score (nSPS) is 14.2. The molecule has 88 valence electrons. The number of hydroxylamine groups is 1. The van der Waals surface area contributed by atoms with Crippen LogP contribution in [0.3, 0.4) is 0 Å². The van der Waals surface area contributed by atoms with Crippen LogP contribution in [0.1, 0.15) is 18.1 Å². The molecule has 0 spiro atoms. The van der Waals surface area contributed by atoms with E-state index >= 15 is 0 Å². The number of benzene rings is 1. The first-order valence-corrected chi connectivity index (χ1v) is 5.13. The highest BCUT2D eigenvalue weighted by Gasteiger charge is 2.28. The molecular weight excluding hydrogens is 204 g/mol. The number of hydrogen-bond donors (Lipinski definition) is 2. The van der Waals surface area contributed by atoms with Crippen LogP contribution in [0.2, 0.25) is 0 Å². The molecule has 1 aromatic carbocycles. The fourth-order valence-electron chi connectivity index (χ4n) is 1.42. The van der Waals surface area contributed by atoms with Crippen molar-refractivity contribution in [1.82, 2.24) is 5.48 Å². The lowest BCUT2D eigenvalue weighted by Gasteiger charge is -2.22. The van der Waals surface area contributed by atoms with E-state index in [0.717, 1.165) is 5.56 Å². The molecule has 0 aliphatic carbocycles. The fourth-order valence-corrected chi connectivity index (χ4v) is 1.42. The molecule has 0 fully saturated rings. The van der Waals surface area contributed by atoms with Gasteiger partial charge in [0.15, 0.2) is 0 Å². The second-order valence-corrected chi connectivity index (χ2v) is 4.22. The summed E-state index contributed by atoms with van der Waals surface area (Å²) in [5.74, 6) is -0.324. The van der Waals surface area contributed by atoms with Crippen molar-refractivity contribution in [2.75, 3.05) is 7.11 Å². The number of hydrogen-bond acceptors (Lipinski definition) is 3. The van der Waals surface area contributed by atoms with Gasteiger partial charge in [0.2, 0.25) is 0 Å². The molecule has 4 heteroatoms. The van der Waals surface area contributed by atoms with Crippen LogP contribution < -0.4 is 11.2 Å². The Morgan fingerprint density at radius 3 is 2.50 bits per heavy atom. The molecule has 1 aromatic rings. The summed E-state index contributed by atoms with van der Waals surface area (Å²) < 4.78 is 0. The number of aryl methyl sites for hydroxylation is 1. The van der Waals surface area contributed by atoms with Crippen LogP contribution >= 0.6 is 0 Å². The van der Waals surface area contributed by atoms with Crippen molar-refractivity contribution >= 4 is 5.91 Å². The third-order valence-electron chi connectivity index (χ3n) is 2.41. The summed E-state index contributed by atoms with van der Waals surface area (Å²) in [6, 6.07) is 7.94. The zero-order valence-electron chi connectivity index (χ0n) is 9.91. The highest BCUT2D eigenvalue weighted by atomic mass is 16.6. The quantitative estimate of drug-likeness (QED) is 0.745. The minimum Gasteiger partial charge on any atom is -0.317 e. The van der Waals surface area contributed by atoms with Crippen LogP contribution in [0, 0.1) is 6.92 Å². The van der Waals surface area contributed by atoms with E-state index in [0.29, 0.717) is 6.42 Å². The molecule has 0 aliphatic rings. The van der Waals surface area contributed by atoms with E-state index in [2.05, 4.69) is 10.3 Å². The molecule has 0 aliphatic heterocycles. The van der Waals surface area contributed by atoms with Crippen molar-refractivity contribution < 1.29 is 9.63 Å². The standard InChI is InChI=1S/C12H18N2O2/c1-9-4-6-10(7-5-9)8-12(2,13)11(15)14-16-3/h4-7H,8,13H2,1-3H3,(H,14,15)/t12-/m0/s1. The average Bonchev–Trinajstić information content (AvgIpc) is 2.21. The lowest BCUT2D eigenvalue weighted by Crippen LogP contribution is -2.52. The molecule has 0 unspecified atom stereocenters. The molecule has 0 saturated carbocycles. The Morgan fingerprint density at radius 1 is 1.44 bits per heavy atom. The van der Waals surface area contributed by atoms with E-state index in [-0.39, 0.29) is 5.91 Å². The summed E-state index contributed by atoms with van der Waals surface area (Å²) >= 11 is 0. The predicted molar refractivity (Wildman–Crippen MR) is 62.6 cm³/mol. The summed E-state index contributed by atoms with van der Waals surface area (Å²) in [6.45, 7) is 3.70. The Labute approximate surface area is 95.7 Å². The van der Waals surface area contributed by atoms with Gasteiger partial charge in [-0.25, -0.2) is 5.48 Å². The zero-order chi connectivity index (χ0) is 12.2. The Hall–Kier alpha value is -1.39. The van der Waals surface area contributed by atoms with Crippen molar-refractivity contribution in [3.63, 3.8) is 0 Å². The summed E-state index contributed by atoms with van der Waals surface area (Å²) in [5.41, 5.74) is 9.42. The first kappa shape index (κ1) is 12.7. The van der Waals surface area contributed by atoms with Crippen LogP contribution in [0.5, 0.6) is 0 Å². The lowest BCUT2D eigenvalue weighted by molar-refractivity contribution is -0.136. The number of nitrogens with one attached hydrogen (secondary N) is 1. The first-order valence-electron chi connectivity index (χ1n) is 5.13. The average molecular weight is 222 g/mol. The van der Waals surface area contributed by atoms with E-state index in [1.807, 2.05) is 31.2 Å². The van der Waals surface area contributed by atoms with Crippen molar-refractivity contribution in [1.29, 1.82) is 0 Å². The van der Waals surface area contributed by atoms with Crippen LogP contribution in [-0.4, -0.2) is 18.6 Å². The van der Waals surface area contributed by atoms with E-state index < -0.39 is 5.54 Å². The van der Waals surface area contributed by atoms with Crippen molar-refractivity contribution in [2.24, 2.45) is 5.73 Å². The van der Waals surface area contributed by atoms with Gasteiger partial charge in [0.05, 0.1) is 12.6 Å². The summed E-state index contributed by atoms with van der Waals surface area (Å²) in [5, 5.41) is 0. The van der Waals surface area contributed by atoms with Gasteiger partial charge in [0, 0.05) is 0 Å². The largest absolute Gasteiger partial charge is 0.317 e. The Kier molecular flexibility index (Phi) is 4.04. The molecule has 3 N–H and O–H groups in total. The van der Waals surface area contributed by atoms with Gasteiger partial charge in [-0.05, 0) is 25.8 Å². The number of carbonyl (C=O) groups is 1. The monoisotopic (exact) mass is 222 g/mol. The zero-order valence-corrected chi connectivity index (χ0v) is 9.91. The smallest absolute Gasteiger partial charge is 0.263 e. The molecule has 0 heterocycles. The van der Waals surface area contributed by atoms with Gasteiger partial charge in [-0.2, -0.15) is 0 Å². The maximum atomic E-state index is 11.6. The first-order chi connectivity index (χ1) is 7.45. The molecule has 0 saturated heterocycles. The molecule has 16 heavy (non-hydrogen) atoms. The maximum Gasteiger partial charge on any atom is 0.263 e. The van der Waals surface area contributed by atoms with E-state index in [1.54, 1.807) is 6.92 Å². The summed E-state index contributed by atoms with van der Waals surface area (Å²) in [4.78, 5) is 16.1. The number of rotatable bonds is 4. The highest BCUT2D eigenvalue weighted by molar-refractivity contribution is 5.85. The number of carbonyl (C=O) groups excluding carboxylic acids is 1. The third-order valence-corrected chi connectivity index (χ3v) is 2.41. The molecule has 0 radical (unpaired) electrons. The van der Waals surface area contributed by atoms with Gasteiger partial charge >= 0.3 is 0 Å². The molecule has 4 nitrogen and oxygen atoms in total. The van der Waals surface area contributed by atoms with Gasteiger partial charge in [-0.1, -0.05) is 29.8 Å². The Bertz CT molecular complexity index is 358. The Balaban J connectivity index is 2.72. The van der Waals surface area contributed by atoms with E-state index in [1.165, 1.54) is 12.7 Å². The second-order valence-electron chi connectivity index (χ2n) is 4.22. The molecule has 0 bridgehead atoms. The van der Waals surface area contributed by atoms with Crippen LogP contribution in [0.4, 0.5) is 0 Å². The van der Waals surface area contributed by atoms with Crippen molar-refractivity contribution in [3.05, 3.63) is 35.4 Å². The topological polar surface area (TPSA) is 64.3 Å². The van der Waals surface area contributed by atoms with Crippen LogP contribution in [0.25, 0.3) is 0 Å². The number of amides is 1. The van der Waals surface area contributed by atoms with Crippen LogP contribution in [-0.2, 0) is 16.1 Å². The predicted octanol–water partition coefficient (Wildman–Crippen LogP) is 0.933. The Morgan fingerprint density at radius 2 is 2.00 bits per heavy atom. The van der Waals surface area contributed by atoms with Crippen molar-refractivity contribution in [2.45, 2.75) is 25.8 Å². The third kappa shape index (κ3) is 3.32. The minimum atomic E-state index is -0.967. The molecular formula is C12H18N2O2.